The van der Waals surface area contributed by atoms with E-state index in [4.69, 9.17) is 4.74 Å². The summed E-state index contributed by atoms with van der Waals surface area (Å²) in [6.45, 7) is 3.58. The number of rotatable bonds is 4. The zero-order valence-electron chi connectivity index (χ0n) is 13.3. The number of para-hydroxylation sites is 1. The van der Waals surface area contributed by atoms with Gasteiger partial charge in [0, 0.05) is 23.5 Å². The number of hydrogen-bond donors (Lipinski definition) is 1. The fourth-order valence-electron chi connectivity index (χ4n) is 2.35. The molecule has 120 valence electrons. The van der Waals surface area contributed by atoms with Crippen LogP contribution in [0.3, 0.4) is 0 Å². The Balaban J connectivity index is 2.22. The van der Waals surface area contributed by atoms with Gasteiger partial charge in [0.1, 0.15) is 6.54 Å². The maximum Gasteiger partial charge on any atom is 0.339 e. The molecule has 0 atom stereocenters. The third-order valence-electron chi connectivity index (χ3n) is 3.46. The first-order valence-electron chi connectivity index (χ1n) is 7.07. The molecule has 2 aromatic rings. The second-order valence-corrected chi connectivity index (χ2v) is 5.15. The van der Waals surface area contributed by atoms with Gasteiger partial charge in [-0.15, -0.1) is 0 Å². The topological polar surface area (TPSA) is 77.4 Å². The first-order chi connectivity index (χ1) is 10.9. The number of pyridine rings is 1. The fourth-order valence-corrected chi connectivity index (χ4v) is 2.35. The number of ether oxygens (including phenoxy) is 1. The number of nitrogens with zero attached hydrogens (tertiary/aromatic N) is 1. The van der Waals surface area contributed by atoms with Crippen LogP contribution in [0.2, 0.25) is 0 Å². The molecule has 0 radical (unpaired) electrons. The van der Waals surface area contributed by atoms with Crippen LogP contribution in [0.15, 0.2) is 41.2 Å². The first kappa shape index (κ1) is 16.5. The van der Waals surface area contributed by atoms with E-state index in [9.17, 15) is 14.4 Å². The van der Waals surface area contributed by atoms with Crippen molar-refractivity contribution in [3.63, 3.8) is 0 Å². The molecule has 1 amide bonds. The smallest absolute Gasteiger partial charge is 0.339 e. The number of nitrogens with one attached hydrogen (secondary N) is 1. The van der Waals surface area contributed by atoms with Gasteiger partial charge in [0.05, 0.1) is 18.4 Å². The van der Waals surface area contributed by atoms with Crippen molar-refractivity contribution >= 4 is 17.6 Å². The van der Waals surface area contributed by atoms with Gasteiger partial charge in [-0.2, -0.15) is 0 Å². The molecule has 1 N–H and O–H groups in total. The van der Waals surface area contributed by atoms with Gasteiger partial charge in [-0.05, 0) is 26.0 Å². The lowest BCUT2D eigenvalue weighted by Crippen LogP contribution is -2.24. The van der Waals surface area contributed by atoms with Crippen molar-refractivity contribution in [1.82, 2.24) is 4.57 Å². The van der Waals surface area contributed by atoms with Crippen LogP contribution in [-0.2, 0) is 16.1 Å². The lowest BCUT2D eigenvalue weighted by molar-refractivity contribution is -0.116. The van der Waals surface area contributed by atoms with Crippen LogP contribution in [0.25, 0.3) is 0 Å². The van der Waals surface area contributed by atoms with E-state index >= 15 is 0 Å². The molecule has 1 aromatic heterocycles. The summed E-state index contributed by atoms with van der Waals surface area (Å²) in [4.78, 5) is 35.4. The van der Waals surface area contributed by atoms with E-state index in [2.05, 4.69) is 5.32 Å². The number of benzene rings is 1. The van der Waals surface area contributed by atoms with Crippen LogP contribution in [0, 0.1) is 13.8 Å². The average Bonchev–Trinajstić information content (AvgIpc) is 2.50. The summed E-state index contributed by atoms with van der Waals surface area (Å²) in [6.07, 6.45) is 0. The predicted octanol–water partition coefficient (Wildman–Crippen LogP) is 1.89. The predicted molar refractivity (Wildman–Crippen MR) is 86.6 cm³/mol. The molecule has 6 heteroatoms. The van der Waals surface area contributed by atoms with Gasteiger partial charge in [-0.1, -0.05) is 12.1 Å². The second-order valence-electron chi connectivity index (χ2n) is 5.15. The molecule has 0 saturated carbocycles. The van der Waals surface area contributed by atoms with E-state index in [0.717, 1.165) is 0 Å². The van der Waals surface area contributed by atoms with E-state index in [1.807, 2.05) is 0 Å². The molecule has 0 bridgehead atoms. The third-order valence-corrected chi connectivity index (χ3v) is 3.46. The van der Waals surface area contributed by atoms with E-state index in [-0.39, 0.29) is 23.4 Å². The van der Waals surface area contributed by atoms with Gasteiger partial charge in [0.15, 0.2) is 5.43 Å². The number of carbonyl (C=O) groups is 2. The van der Waals surface area contributed by atoms with E-state index in [1.54, 1.807) is 42.7 Å². The van der Waals surface area contributed by atoms with Crippen LogP contribution in [0.4, 0.5) is 5.69 Å². The number of methoxy groups -OCH3 is 1. The Kier molecular flexibility index (Phi) is 4.95. The number of esters is 1. The third kappa shape index (κ3) is 3.85. The SMILES string of the molecule is COC(=O)c1ccccc1NC(=O)Cn1c(C)cc(=O)cc1C. The highest BCUT2D eigenvalue weighted by Crippen LogP contribution is 2.16. The summed E-state index contributed by atoms with van der Waals surface area (Å²) in [5, 5.41) is 2.70. The Bertz CT molecular complexity index is 782. The molecular formula is C17H18N2O4. The van der Waals surface area contributed by atoms with Crippen LogP contribution in [0.1, 0.15) is 21.7 Å². The molecule has 0 aliphatic carbocycles. The van der Waals surface area contributed by atoms with Crippen LogP contribution >= 0.6 is 0 Å². The van der Waals surface area contributed by atoms with Gasteiger partial charge in [0.2, 0.25) is 5.91 Å². The molecule has 0 unspecified atom stereocenters. The molecular weight excluding hydrogens is 296 g/mol. The lowest BCUT2D eigenvalue weighted by Gasteiger charge is -2.15. The molecule has 6 nitrogen and oxygen atoms in total. The number of hydrogen-bond acceptors (Lipinski definition) is 4. The van der Waals surface area contributed by atoms with E-state index in [0.29, 0.717) is 17.1 Å². The van der Waals surface area contributed by atoms with Gasteiger partial charge in [-0.3, -0.25) is 9.59 Å². The van der Waals surface area contributed by atoms with Crippen molar-refractivity contribution < 1.29 is 14.3 Å². The Morgan fingerprint density at radius 2 is 1.74 bits per heavy atom. The molecule has 23 heavy (non-hydrogen) atoms. The normalized spacial score (nSPS) is 10.2. The molecule has 0 spiro atoms. The molecule has 1 aromatic carbocycles. The maximum absolute atomic E-state index is 12.3. The molecule has 2 rings (SSSR count). The molecule has 0 saturated heterocycles. The Morgan fingerprint density at radius 1 is 1.13 bits per heavy atom. The highest BCUT2D eigenvalue weighted by Gasteiger charge is 2.14. The minimum Gasteiger partial charge on any atom is -0.465 e. The van der Waals surface area contributed by atoms with Crippen molar-refractivity contribution in [2.45, 2.75) is 20.4 Å². The first-order valence-corrected chi connectivity index (χ1v) is 7.07. The Morgan fingerprint density at radius 3 is 2.35 bits per heavy atom. The Hall–Kier alpha value is -2.89. The number of carbonyl (C=O) groups excluding carboxylic acids is 2. The molecule has 0 aliphatic rings. The van der Waals surface area contributed by atoms with Crippen LogP contribution < -0.4 is 10.7 Å². The largest absolute Gasteiger partial charge is 0.465 e. The van der Waals surface area contributed by atoms with Crippen LogP contribution in [0.5, 0.6) is 0 Å². The molecule has 0 fully saturated rings. The number of aryl methyl sites for hydroxylation is 2. The minimum atomic E-state index is -0.517. The molecule has 0 aliphatic heterocycles. The summed E-state index contributed by atoms with van der Waals surface area (Å²) in [5.41, 5.74) is 1.99. The minimum absolute atomic E-state index is 0.0491. The number of aromatic nitrogens is 1. The lowest BCUT2D eigenvalue weighted by atomic mass is 10.2. The van der Waals surface area contributed by atoms with Crippen molar-refractivity contribution in [3.8, 4) is 0 Å². The maximum atomic E-state index is 12.3. The van der Waals surface area contributed by atoms with Crippen molar-refractivity contribution in [2.24, 2.45) is 0 Å². The summed E-state index contributed by atoms with van der Waals surface area (Å²) in [5.74, 6) is -0.812. The summed E-state index contributed by atoms with van der Waals surface area (Å²) < 4.78 is 6.43. The quantitative estimate of drug-likeness (QED) is 0.874. The van der Waals surface area contributed by atoms with Crippen molar-refractivity contribution in [3.05, 3.63) is 63.6 Å². The van der Waals surface area contributed by atoms with E-state index in [1.165, 1.54) is 19.2 Å². The average molecular weight is 314 g/mol. The van der Waals surface area contributed by atoms with Gasteiger partial charge < -0.3 is 14.6 Å². The summed E-state index contributed by atoms with van der Waals surface area (Å²) in [6, 6.07) is 9.58. The van der Waals surface area contributed by atoms with Gasteiger partial charge in [0.25, 0.3) is 0 Å². The van der Waals surface area contributed by atoms with Crippen LogP contribution in [-0.4, -0.2) is 23.6 Å². The Labute approximate surface area is 133 Å². The monoisotopic (exact) mass is 314 g/mol. The fraction of sp³-hybridized carbons (Fsp3) is 0.235. The van der Waals surface area contributed by atoms with Gasteiger partial charge >= 0.3 is 5.97 Å². The van der Waals surface area contributed by atoms with Crippen molar-refractivity contribution in [1.29, 1.82) is 0 Å². The number of amides is 1. The number of anilines is 1. The molecule has 1 heterocycles. The van der Waals surface area contributed by atoms with E-state index < -0.39 is 5.97 Å². The summed E-state index contributed by atoms with van der Waals surface area (Å²) in [7, 11) is 1.29. The highest BCUT2D eigenvalue weighted by atomic mass is 16.5. The standard InChI is InChI=1S/C17H18N2O4/c1-11-8-13(20)9-12(2)19(11)10-16(21)18-15-7-5-4-6-14(15)17(22)23-3/h4-9H,10H2,1-3H3,(H,18,21). The zero-order valence-corrected chi connectivity index (χ0v) is 13.3. The second kappa shape index (κ2) is 6.91. The highest BCUT2D eigenvalue weighted by molar-refractivity contribution is 6.01. The van der Waals surface area contributed by atoms with Gasteiger partial charge in [-0.25, -0.2) is 4.79 Å². The summed E-state index contributed by atoms with van der Waals surface area (Å²) >= 11 is 0. The van der Waals surface area contributed by atoms with Crippen molar-refractivity contribution in [2.75, 3.05) is 12.4 Å². The zero-order chi connectivity index (χ0) is 17.0.